The first-order valence-corrected chi connectivity index (χ1v) is 13.2. The van der Waals surface area contributed by atoms with Crippen molar-refractivity contribution in [1.82, 2.24) is 19.8 Å². The summed E-state index contributed by atoms with van der Waals surface area (Å²) in [5, 5.41) is 3.26. The van der Waals surface area contributed by atoms with Gasteiger partial charge >= 0.3 is 0 Å². The minimum Gasteiger partial charge on any atom is -0.494 e. The second-order valence-electron chi connectivity index (χ2n) is 9.82. The number of hydrogen-bond acceptors (Lipinski definition) is 8. The molecule has 3 aromatic rings. The third-order valence-corrected chi connectivity index (χ3v) is 8.17. The Morgan fingerprint density at radius 2 is 1.84 bits per heavy atom. The second-order valence-corrected chi connectivity index (χ2v) is 10.7. The molecule has 10 heteroatoms. The summed E-state index contributed by atoms with van der Waals surface area (Å²) in [6, 6.07) is 11.9. The van der Waals surface area contributed by atoms with Crippen LogP contribution in [0.5, 0.6) is 17.4 Å². The van der Waals surface area contributed by atoms with Gasteiger partial charge in [0.2, 0.25) is 11.8 Å². The van der Waals surface area contributed by atoms with E-state index >= 15 is 0 Å². The average molecular weight is 565 g/mol. The number of amides is 1. The van der Waals surface area contributed by atoms with Gasteiger partial charge in [-0.2, -0.15) is 4.98 Å². The van der Waals surface area contributed by atoms with E-state index in [1.54, 1.807) is 13.3 Å². The quantitative estimate of drug-likeness (QED) is 0.464. The number of ether oxygens (including phenoxy) is 2. The van der Waals surface area contributed by atoms with Gasteiger partial charge < -0.3 is 29.5 Å². The molecule has 1 spiro atoms. The van der Waals surface area contributed by atoms with E-state index < -0.39 is 0 Å². The molecule has 37 heavy (non-hydrogen) atoms. The number of anilines is 3. The molecule has 0 unspecified atom stereocenters. The standard InChI is InChI=1S/C27H29BrN6O3/c1-32-11-13-34(14-12-32)17-7-8-20(22(15-17)36-3)30-26-29-16-19(28)24(31-26)37-21-6-4-5-18-23(21)25(35)33(2)27(18)9-10-27/h4-8,15-16H,9-14H2,1-3H3,(H,29,30,31). The van der Waals surface area contributed by atoms with E-state index in [1.165, 1.54) is 0 Å². The van der Waals surface area contributed by atoms with E-state index in [9.17, 15) is 4.79 Å². The van der Waals surface area contributed by atoms with Crippen LogP contribution >= 0.6 is 15.9 Å². The number of nitrogens with one attached hydrogen (secondary N) is 1. The van der Waals surface area contributed by atoms with Crippen LogP contribution in [-0.2, 0) is 5.54 Å². The van der Waals surface area contributed by atoms with E-state index in [0.717, 1.165) is 56.0 Å². The minimum absolute atomic E-state index is 0.0168. The molecule has 9 nitrogen and oxygen atoms in total. The Hall–Kier alpha value is -3.37. The zero-order valence-corrected chi connectivity index (χ0v) is 22.7. The second kappa shape index (κ2) is 9.18. The number of carbonyl (C=O) groups excluding carboxylic acids is 1. The highest BCUT2D eigenvalue weighted by atomic mass is 79.9. The molecule has 0 radical (unpaired) electrons. The smallest absolute Gasteiger partial charge is 0.258 e. The summed E-state index contributed by atoms with van der Waals surface area (Å²) >= 11 is 3.49. The summed E-state index contributed by atoms with van der Waals surface area (Å²) < 4.78 is 12.5. The number of piperazine rings is 1. The molecule has 2 fully saturated rings. The zero-order valence-electron chi connectivity index (χ0n) is 21.1. The lowest BCUT2D eigenvalue weighted by atomic mass is 10.0. The van der Waals surface area contributed by atoms with E-state index in [-0.39, 0.29) is 11.4 Å². The van der Waals surface area contributed by atoms with Crippen LogP contribution in [0.1, 0.15) is 28.8 Å². The Balaban J connectivity index is 1.25. The van der Waals surface area contributed by atoms with Crippen LogP contribution in [0.25, 0.3) is 0 Å². The molecular weight excluding hydrogens is 536 g/mol. The van der Waals surface area contributed by atoms with Gasteiger partial charge in [0.25, 0.3) is 5.91 Å². The Morgan fingerprint density at radius 3 is 2.57 bits per heavy atom. The molecule has 2 aliphatic heterocycles. The lowest BCUT2D eigenvalue weighted by Crippen LogP contribution is -2.44. The Kier molecular flexibility index (Phi) is 5.95. The maximum absolute atomic E-state index is 13.1. The number of hydrogen-bond donors (Lipinski definition) is 1. The normalized spacial score (nSPS) is 18.2. The van der Waals surface area contributed by atoms with Crippen LogP contribution in [0.15, 0.2) is 47.1 Å². The van der Waals surface area contributed by atoms with Gasteiger partial charge in [0.15, 0.2) is 0 Å². The van der Waals surface area contributed by atoms with E-state index in [4.69, 9.17) is 9.47 Å². The Bertz CT molecular complexity index is 1370. The topological polar surface area (TPSA) is 83.1 Å². The van der Waals surface area contributed by atoms with Gasteiger partial charge in [0, 0.05) is 45.0 Å². The van der Waals surface area contributed by atoms with Crippen molar-refractivity contribution in [2.45, 2.75) is 18.4 Å². The minimum atomic E-state index is -0.172. The number of likely N-dealkylation sites (N-methyl/N-ethyl adjacent to an activating group) is 1. The van der Waals surface area contributed by atoms with Crippen molar-refractivity contribution < 1.29 is 14.3 Å². The van der Waals surface area contributed by atoms with Gasteiger partial charge in [-0.3, -0.25) is 4.79 Å². The van der Waals surface area contributed by atoms with Gasteiger partial charge in [-0.1, -0.05) is 12.1 Å². The van der Waals surface area contributed by atoms with Gasteiger partial charge in [-0.15, -0.1) is 0 Å². The highest BCUT2D eigenvalue weighted by molar-refractivity contribution is 9.10. The molecule has 3 heterocycles. The number of methoxy groups -OCH3 is 1. The fraction of sp³-hybridized carbons (Fsp3) is 0.370. The predicted molar refractivity (Wildman–Crippen MR) is 145 cm³/mol. The van der Waals surface area contributed by atoms with Crippen LogP contribution in [0, 0.1) is 0 Å². The van der Waals surface area contributed by atoms with Gasteiger partial charge in [0.05, 0.1) is 34.6 Å². The van der Waals surface area contributed by atoms with Crippen molar-refractivity contribution in [2.75, 3.05) is 57.6 Å². The third-order valence-electron chi connectivity index (χ3n) is 7.63. The van der Waals surface area contributed by atoms with Crippen LogP contribution in [0.4, 0.5) is 17.3 Å². The number of fused-ring (bicyclic) bond motifs is 2. The largest absolute Gasteiger partial charge is 0.494 e. The van der Waals surface area contributed by atoms with E-state index in [2.05, 4.69) is 54.1 Å². The summed E-state index contributed by atoms with van der Waals surface area (Å²) in [6.45, 7) is 4.02. The monoisotopic (exact) mass is 564 g/mol. The molecule has 1 aromatic heterocycles. The number of carbonyl (C=O) groups is 1. The van der Waals surface area contributed by atoms with Crippen molar-refractivity contribution in [3.63, 3.8) is 0 Å². The number of halogens is 1. The summed E-state index contributed by atoms with van der Waals surface area (Å²) in [4.78, 5) is 28.6. The number of aromatic nitrogens is 2. The highest BCUT2D eigenvalue weighted by Crippen LogP contribution is 2.57. The van der Waals surface area contributed by atoms with E-state index in [0.29, 0.717) is 33.4 Å². The third kappa shape index (κ3) is 4.18. The van der Waals surface area contributed by atoms with Gasteiger partial charge in [-0.25, -0.2) is 4.98 Å². The molecule has 6 rings (SSSR count). The fourth-order valence-corrected chi connectivity index (χ4v) is 5.51. The SMILES string of the molecule is COc1cc(N2CCN(C)CC2)ccc1Nc1ncc(Br)c(Oc2cccc3c2C(=O)N(C)C32CC2)n1. The summed E-state index contributed by atoms with van der Waals surface area (Å²) in [7, 11) is 5.66. The average Bonchev–Trinajstić information content (AvgIpc) is 3.69. The Morgan fingerprint density at radius 1 is 1.05 bits per heavy atom. The Labute approximate surface area is 224 Å². The lowest BCUT2D eigenvalue weighted by Gasteiger charge is -2.34. The van der Waals surface area contributed by atoms with Crippen molar-refractivity contribution in [1.29, 1.82) is 0 Å². The van der Waals surface area contributed by atoms with Crippen LogP contribution in [-0.4, -0.2) is 73.1 Å². The molecule has 1 saturated carbocycles. The molecule has 1 aliphatic carbocycles. The predicted octanol–water partition coefficient (Wildman–Crippen LogP) is 4.61. The molecule has 0 atom stereocenters. The first-order chi connectivity index (χ1) is 17.9. The summed E-state index contributed by atoms with van der Waals surface area (Å²) in [6.07, 6.45) is 3.59. The molecule has 192 valence electrons. The van der Waals surface area contributed by atoms with Crippen molar-refractivity contribution in [3.05, 3.63) is 58.2 Å². The maximum Gasteiger partial charge on any atom is 0.258 e. The maximum atomic E-state index is 13.1. The molecular formula is C27H29BrN6O3. The zero-order chi connectivity index (χ0) is 25.7. The number of nitrogens with zero attached hydrogens (tertiary/aromatic N) is 5. The first kappa shape index (κ1) is 24.0. The molecule has 0 bridgehead atoms. The van der Waals surface area contributed by atoms with Crippen molar-refractivity contribution in [3.8, 4) is 17.4 Å². The van der Waals surface area contributed by atoms with Crippen molar-refractivity contribution in [2.24, 2.45) is 0 Å². The summed E-state index contributed by atoms with van der Waals surface area (Å²) in [5.74, 6) is 1.87. The van der Waals surface area contributed by atoms with Crippen LogP contribution in [0.2, 0.25) is 0 Å². The highest BCUT2D eigenvalue weighted by Gasteiger charge is 2.57. The van der Waals surface area contributed by atoms with E-state index in [1.807, 2.05) is 42.3 Å². The molecule has 1 amide bonds. The molecule has 1 saturated heterocycles. The van der Waals surface area contributed by atoms with Crippen molar-refractivity contribution >= 4 is 39.2 Å². The molecule has 2 aromatic carbocycles. The molecule has 1 N–H and O–H groups in total. The van der Waals surface area contributed by atoms with Crippen LogP contribution < -0.4 is 19.7 Å². The number of benzene rings is 2. The fourth-order valence-electron chi connectivity index (χ4n) is 5.24. The van der Waals surface area contributed by atoms with Gasteiger partial charge in [-0.05, 0) is 59.6 Å². The lowest BCUT2D eigenvalue weighted by molar-refractivity contribution is 0.0753. The number of rotatable bonds is 6. The first-order valence-electron chi connectivity index (χ1n) is 12.4. The summed E-state index contributed by atoms with van der Waals surface area (Å²) in [5.41, 5.74) is 3.35. The van der Waals surface area contributed by atoms with Gasteiger partial charge in [0.1, 0.15) is 11.5 Å². The molecule has 3 aliphatic rings. The van der Waals surface area contributed by atoms with Crippen LogP contribution in [0.3, 0.4) is 0 Å².